The quantitative estimate of drug-likeness (QED) is 0.800. The van der Waals surface area contributed by atoms with Crippen molar-refractivity contribution in [2.24, 2.45) is 11.7 Å². The molecule has 1 saturated heterocycles. The summed E-state index contributed by atoms with van der Waals surface area (Å²) < 4.78 is 0. The summed E-state index contributed by atoms with van der Waals surface area (Å²) in [5.41, 5.74) is 8.90. The Bertz CT molecular complexity index is 461. The van der Waals surface area contributed by atoms with Crippen molar-refractivity contribution < 1.29 is 5.11 Å². The Morgan fingerprint density at radius 2 is 2.22 bits per heavy atom. The average molecular weight is 264 g/mol. The third-order valence-electron chi connectivity index (χ3n) is 3.68. The molecule has 4 heteroatoms. The van der Waals surface area contributed by atoms with E-state index < -0.39 is 0 Å². The van der Waals surface area contributed by atoms with E-state index in [0.29, 0.717) is 17.5 Å². The van der Waals surface area contributed by atoms with Gasteiger partial charge in [-0.05, 0) is 37.0 Å². The van der Waals surface area contributed by atoms with Crippen molar-refractivity contribution in [1.29, 1.82) is 0 Å². The Kier molecular flexibility index (Phi) is 3.88. The Labute approximate surface area is 114 Å². The molecular formula is C14H20N2OS. The second-order valence-electron chi connectivity index (χ2n) is 5.16. The van der Waals surface area contributed by atoms with Crippen LogP contribution in [-0.2, 0) is 0 Å². The predicted molar refractivity (Wildman–Crippen MR) is 79.1 cm³/mol. The van der Waals surface area contributed by atoms with Crippen LogP contribution in [0.4, 0.5) is 5.69 Å². The van der Waals surface area contributed by atoms with Crippen molar-refractivity contribution in [2.75, 3.05) is 18.0 Å². The molecule has 98 valence electrons. The highest BCUT2D eigenvalue weighted by Gasteiger charge is 2.25. The Balaban J connectivity index is 2.32. The fraction of sp³-hybridized carbons (Fsp3) is 0.500. The molecule has 3 N–H and O–H groups in total. The number of aryl methyl sites for hydroxylation is 1. The van der Waals surface area contributed by atoms with E-state index in [-0.39, 0.29) is 6.10 Å². The molecule has 0 amide bonds. The molecule has 1 heterocycles. The van der Waals surface area contributed by atoms with E-state index in [9.17, 15) is 5.11 Å². The zero-order valence-corrected chi connectivity index (χ0v) is 11.7. The molecule has 3 nitrogen and oxygen atoms in total. The first kappa shape index (κ1) is 13.3. The number of anilines is 1. The van der Waals surface area contributed by atoms with Crippen molar-refractivity contribution in [1.82, 2.24) is 0 Å². The molecule has 1 fully saturated rings. The third kappa shape index (κ3) is 2.65. The standard InChI is InChI=1S/C14H20N2OS/c1-9-3-4-11(14(15)18)12(7-9)16-6-5-10(2)13(17)8-16/h3-4,7,10,13,17H,5-6,8H2,1-2H3,(H2,15,18). The topological polar surface area (TPSA) is 49.5 Å². The lowest BCUT2D eigenvalue weighted by Gasteiger charge is -2.36. The summed E-state index contributed by atoms with van der Waals surface area (Å²) in [4.78, 5) is 2.60. The van der Waals surface area contributed by atoms with Gasteiger partial charge in [0.2, 0.25) is 0 Å². The highest BCUT2D eigenvalue weighted by Crippen LogP contribution is 2.27. The zero-order chi connectivity index (χ0) is 13.3. The van der Waals surface area contributed by atoms with E-state index in [1.165, 1.54) is 5.56 Å². The third-order valence-corrected chi connectivity index (χ3v) is 3.90. The number of benzene rings is 1. The summed E-state index contributed by atoms with van der Waals surface area (Å²) in [6, 6.07) is 6.08. The van der Waals surface area contributed by atoms with Gasteiger partial charge < -0.3 is 15.7 Å². The van der Waals surface area contributed by atoms with Gasteiger partial charge in [0.05, 0.1) is 6.10 Å². The summed E-state index contributed by atoms with van der Waals surface area (Å²) in [7, 11) is 0. The second kappa shape index (κ2) is 5.24. The minimum atomic E-state index is -0.279. The van der Waals surface area contributed by atoms with Gasteiger partial charge in [-0.15, -0.1) is 0 Å². The minimum Gasteiger partial charge on any atom is -0.391 e. The van der Waals surface area contributed by atoms with Crippen LogP contribution >= 0.6 is 12.2 Å². The van der Waals surface area contributed by atoms with E-state index in [1.807, 2.05) is 12.1 Å². The highest BCUT2D eigenvalue weighted by atomic mass is 32.1. The number of nitrogens with zero attached hydrogens (tertiary/aromatic N) is 1. The predicted octanol–water partition coefficient (Wildman–Crippen LogP) is 1.84. The van der Waals surface area contributed by atoms with Crippen LogP contribution in [0.3, 0.4) is 0 Å². The van der Waals surface area contributed by atoms with Gasteiger partial charge in [-0.1, -0.05) is 25.2 Å². The largest absolute Gasteiger partial charge is 0.391 e. The molecule has 0 bridgehead atoms. The van der Waals surface area contributed by atoms with E-state index >= 15 is 0 Å². The van der Waals surface area contributed by atoms with Gasteiger partial charge >= 0.3 is 0 Å². The molecule has 2 atom stereocenters. The maximum absolute atomic E-state index is 10.0. The minimum absolute atomic E-state index is 0.279. The maximum atomic E-state index is 10.0. The van der Waals surface area contributed by atoms with Crippen LogP contribution < -0.4 is 10.6 Å². The molecule has 0 aromatic heterocycles. The molecule has 2 unspecified atom stereocenters. The molecule has 0 saturated carbocycles. The number of β-amino-alcohol motifs (C(OH)–C–C–N with tert-alkyl or cyclic N) is 1. The lowest BCUT2D eigenvalue weighted by molar-refractivity contribution is 0.103. The van der Waals surface area contributed by atoms with E-state index in [4.69, 9.17) is 18.0 Å². The molecule has 0 aliphatic carbocycles. The van der Waals surface area contributed by atoms with Crippen LogP contribution in [-0.4, -0.2) is 29.3 Å². The van der Waals surface area contributed by atoms with Crippen molar-refractivity contribution in [3.05, 3.63) is 29.3 Å². The number of thiocarbonyl (C=S) groups is 1. The first-order valence-electron chi connectivity index (χ1n) is 6.32. The molecule has 18 heavy (non-hydrogen) atoms. The number of hydrogen-bond donors (Lipinski definition) is 2. The van der Waals surface area contributed by atoms with Crippen LogP contribution in [0, 0.1) is 12.8 Å². The first-order valence-corrected chi connectivity index (χ1v) is 6.73. The van der Waals surface area contributed by atoms with Gasteiger partial charge in [-0.25, -0.2) is 0 Å². The van der Waals surface area contributed by atoms with E-state index in [1.54, 1.807) is 0 Å². The monoisotopic (exact) mass is 264 g/mol. The summed E-state index contributed by atoms with van der Waals surface area (Å²) in [6.45, 7) is 5.74. The summed E-state index contributed by atoms with van der Waals surface area (Å²) >= 11 is 5.10. The van der Waals surface area contributed by atoms with Crippen LogP contribution in [0.15, 0.2) is 18.2 Å². The Morgan fingerprint density at radius 3 is 2.83 bits per heavy atom. The van der Waals surface area contributed by atoms with E-state index in [0.717, 1.165) is 24.2 Å². The SMILES string of the molecule is Cc1ccc(C(N)=S)c(N2CCC(C)C(O)C2)c1. The van der Waals surface area contributed by atoms with Crippen LogP contribution in [0.2, 0.25) is 0 Å². The fourth-order valence-electron chi connectivity index (χ4n) is 2.38. The molecule has 0 spiro atoms. The molecular weight excluding hydrogens is 244 g/mol. The van der Waals surface area contributed by atoms with Gasteiger partial charge in [-0.2, -0.15) is 0 Å². The Morgan fingerprint density at radius 1 is 1.50 bits per heavy atom. The molecule has 2 rings (SSSR count). The normalized spacial score (nSPS) is 24.1. The van der Waals surface area contributed by atoms with Gasteiger partial charge in [0, 0.05) is 24.3 Å². The molecule has 1 aromatic rings. The fourth-order valence-corrected chi connectivity index (χ4v) is 2.55. The number of aliphatic hydroxyl groups is 1. The zero-order valence-electron chi connectivity index (χ0n) is 10.9. The number of rotatable bonds is 2. The van der Waals surface area contributed by atoms with Gasteiger partial charge in [0.15, 0.2) is 0 Å². The average Bonchev–Trinajstić information content (AvgIpc) is 2.32. The lowest BCUT2D eigenvalue weighted by atomic mass is 9.95. The highest BCUT2D eigenvalue weighted by molar-refractivity contribution is 7.80. The van der Waals surface area contributed by atoms with Gasteiger partial charge in [-0.3, -0.25) is 0 Å². The summed E-state index contributed by atoms with van der Waals surface area (Å²) in [6.07, 6.45) is 0.713. The lowest BCUT2D eigenvalue weighted by Crippen LogP contribution is -2.43. The van der Waals surface area contributed by atoms with Crippen LogP contribution in [0.1, 0.15) is 24.5 Å². The smallest absolute Gasteiger partial charge is 0.106 e. The van der Waals surface area contributed by atoms with Crippen molar-refractivity contribution in [3.8, 4) is 0 Å². The Hall–Kier alpha value is -1.13. The van der Waals surface area contributed by atoms with E-state index in [2.05, 4.69) is 24.8 Å². The van der Waals surface area contributed by atoms with Crippen LogP contribution in [0.5, 0.6) is 0 Å². The molecule has 0 radical (unpaired) electrons. The number of piperidine rings is 1. The summed E-state index contributed by atoms with van der Waals surface area (Å²) in [5.74, 6) is 0.360. The molecule has 1 aliphatic rings. The number of hydrogen-bond acceptors (Lipinski definition) is 3. The van der Waals surface area contributed by atoms with Crippen LogP contribution in [0.25, 0.3) is 0 Å². The van der Waals surface area contributed by atoms with Gasteiger partial charge in [0.1, 0.15) is 4.99 Å². The number of nitrogens with two attached hydrogens (primary N) is 1. The van der Waals surface area contributed by atoms with Crippen molar-refractivity contribution in [2.45, 2.75) is 26.4 Å². The first-order chi connectivity index (χ1) is 8.49. The molecule has 1 aliphatic heterocycles. The summed E-state index contributed by atoms with van der Waals surface area (Å²) in [5, 5.41) is 10.0. The second-order valence-corrected chi connectivity index (χ2v) is 5.60. The van der Waals surface area contributed by atoms with Gasteiger partial charge in [0.25, 0.3) is 0 Å². The van der Waals surface area contributed by atoms with Crippen molar-refractivity contribution in [3.63, 3.8) is 0 Å². The maximum Gasteiger partial charge on any atom is 0.106 e. The van der Waals surface area contributed by atoms with Crippen molar-refractivity contribution >= 4 is 22.9 Å². The molecule has 1 aromatic carbocycles. The number of aliphatic hydroxyl groups excluding tert-OH is 1.